The van der Waals surface area contributed by atoms with Crippen molar-refractivity contribution >= 4 is 23.4 Å². The van der Waals surface area contributed by atoms with Gasteiger partial charge >= 0.3 is 6.03 Å². The van der Waals surface area contributed by atoms with E-state index in [1.165, 1.54) is 0 Å². The number of anilines is 2. The number of nitrogens with zero attached hydrogens (tertiary/aromatic N) is 3. The molecule has 0 unspecified atom stereocenters. The first-order valence-corrected chi connectivity index (χ1v) is 7.88. The van der Waals surface area contributed by atoms with E-state index >= 15 is 0 Å². The fourth-order valence-corrected chi connectivity index (χ4v) is 2.65. The molecule has 1 N–H and O–H groups in total. The lowest BCUT2D eigenvalue weighted by molar-refractivity contribution is -0.116. The van der Waals surface area contributed by atoms with Crippen molar-refractivity contribution in [2.24, 2.45) is 0 Å². The monoisotopic (exact) mass is 324 g/mol. The van der Waals surface area contributed by atoms with Gasteiger partial charge in [0.05, 0.1) is 0 Å². The molecule has 1 aliphatic rings. The Morgan fingerprint density at radius 2 is 1.88 bits per heavy atom. The summed E-state index contributed by atoms with van der Waals surface area (Å²) in [6.07, 6.45) is 1.64. The molecule has 1 aliphatic heterocycles. The Hall–Kier alpha value is -2.89. The van der Waals surface area contributed by atoms with Gasteiger partial charge in [0.1, 0.15) is 12.4 Å². The Labute approximate surface area is 141 Å². The second kappa shape index (κ2) is 6.70. The first-order valence-electron chi connectivity index (χ1n) is 7.88. The van der Waals surface area contributed by atoms with Crippen molar-refractivity contribution < 1.29 is 9.59 Å². The maximum absolute atomic E-state index is 12.5. The number of carbonyl (C=O) groups is 2. The molecule has 0 bridgehead atoms. The van der Waals surface area contributed by atoms with Crippen molar-refractivity contribution in [3.05, 3.63) is 53.7 Å². The van der Waals surface area contributed by atoms with Gasteiger partial charge in [0.25, 0.3) is 0 Å². The van der Waals surface area contributed by atoms with Gasteiger partial charge in [-0.15, -0.1) is 0 Å². The Morgan fingerprint density at radius 3 is 2.58 bits per heavy atom. The standard InChI is InChI=1S/C18H20N4O2/c1-13-3-5-15(6-4-13)22-10-9-21(18(22)24)12-17(23)20-16-11-14(2)7-8-19-16/h3-8,11H,9-10,12H2,1-2H3,(H,19,20,23). The van der Waals surface area contributed by atoms with E-state index in [1.807, 2.05) is 44.2 Å². The molecule has 3 amide bonds. The van der Waals surface area contributed by atoms with E-state index in [0.29, 0.717) is 18.9 Å². The molecule has 0 radical (unpaired) electrons. The quantitative estimate of drug-likeness (QED) is 0.940. The van der Waals surface area contributed by atoms with E-state index in [0.717, 1.165) is 16.8 Å². The molecule has 2 aromatic rings. The minimum absolute atomic E-state index is 0.0246. The normalized spacial score (nSPS) is 14.2. The van der Waals surface area contributed by atoms with E-state index in [1.54, 1.807) is 22.1 Å². The average molecular weight is 324 g/mol. The summed E-state index contributed by atoms with van der Waals surface area (Å²) in [4.78, 5) is 32.0. The molecule has 124 valence electrons. The molecule has 0 atom stereocenters. The van der Waals surface area contributed by atoms with Gasteiger partial charge in [0.15, 0.2) is 0 Å². The molecule has 6 heteroatoms. The first-order chi connectivity index (χ1) is 11.5. The lowest BCUT2D eigenvalue weighted by Crippen LogP contribution is -2.37. The first kappa shape index (κ1) is 16.0. The molecule has 0 aliphatic carbocycles. The highest BCUT2D eigenvalue weighted by atomic mass is 16.2. The number of pyridine rings is 1. The summed E-state index contributed by atoms with van der Waals surface area (Å²) in [6, 6.07) is 11.3. The highest BCUT2D eigenvalue weighted by molar-refractivity contribution is 5.99. The van der Waals surface area contributed by atoms with Crippen molar-refractivity contribution in [2.75, 3.05) is 29.9 Å². The van der Waals surface area contributed by atoms with Crippen LogP contribution in [0.1, 0.15) is 11.1 Å². The van der Waals surface area contributed by atoms with Crippen LogP contribution in [0.15, 0.2) is 42.6 Å². The van der Waals surface area contributed by atoms with E-state index in [4.69, 9.17) is 0 Å². The number of hydrogen-bond acceptors (Lipinski definition) is 3. The highest BCUT2D eigenvalue weighted by Crippen LogP contribution is 2.20. The van der Waals surface area contributed by atoms with Crippen LogP contribution in [0.4, 0.5) is 16.3 Å². The molecule has 1 aromatic carbocycles. The number of rotatable bonds is 4. The average Bonchev–Trinajstić information content (AvgIpc) is 2.89. The minimum atomic E-state index is -0.243. The van der Waals surface area contributed by atoms with E-state index < -0.39 is 0 Å². The molecule has 1 saturated heterocycles. The third kappa shape index (κ3) is 3.53. The summed E-state index contributed by atoms with van der Waals surface area (Å²) in [5.41, 5.74) is 3.02. The van der Waals surface area contributed by atoms with Gasteiger partial charge < -0.3 is 10.2 Å². The Balaban J connectivity index is 1.61. The number of aryl methyl sites for hydroxylation is 2. The predicted octanol–water partition coefficient (Wildman–Crippen LogP) is 2.58. The fraction of sp³-hybridized carbons (Fsp3) is 0.278. The molecule has 1 aromatic heterocycles. The number of carbonyl (C=O) groups excluding carboxylic acids is 2. The summed E-state index contributed by atoms with van der Waals surface area (Å²) in [5, 5.41) is 2.73. The van der Waals surface area contributed by atoms with Crippen LogP contribution in [0.3, 0.4) is 0 Å². The van der Waals surface area contributed by atoms with Crippen LogP contribution >= 0.6 is 0 Å². The fourth-order valence-electron chi connectivity index (χ4n) is 2.65. The Morgan fingerprint density at radius 1 is 1.12 bits per heavy atom. The van der Waals surface area contributed by atoms with Crippen molar-refractivity contribution in [3.8, 4) is 0 Å². The number of aromatic nitrogens is 1. The van der Waals surface area contributed by atoms with Gasteiger partial charge in [-0.3, -0.25) is 9.69 Å². The number of nitrogens with one attached hydrogen (secondary N) is 1. The lowest BCUT2D eigenvalue weighted by atomic mass is 10.2. The van der Waals surface area contributed by atoms with Gasteiger partial charge in [-0.2, -0.15) is 0 Å². The molecule has 3 rings (SSSR count). The minimum Gasteiger partial charge on any atom is -0.313 e. The summed E-state index contributed by atoms with van der Waals surface area (Å²) >= 11 is 0. The number of urea groups is 1. The molecule has 1 fully saturated rings. The van der Waals surface area contributed by atoms with Crippen molar-refractivity contribution in [2.45, 2.75) is 13.8 Å². The molecule has 2 heterocycles. The second-order valence-corrected chi connectivity index (χ2v) is 5.96. The zero-order valence-electron chi connectivity index (χ0n) is 13.8. The summed E-state index contributed by atoms with van der Waals surface area (Å²) in [5.74, 6) is 0.259. The van der Waals surface area contributed by atoms with Crippen LogP contribution in [-0.4, -0.2) is 41.5 Å². The predicted molar refractivity (Wildman–Crippen MR) is 93.1 cm³/mol. The van der Waals surface area contributed by atoms with Gasteiger partial charge in [-0.1, -0.05) is 17.7 Å². The largest absolute Gasteiger partial charge is 0.325 e. The zero-order valence-corrected chi connectivity index (χ0v) is 13.8. The maximum Gasteiger partial charge on any atom is 0.325 e. The van der Waals surface area contributed by atoms with Gasteiger partial charge in [0, 0.05) is 25.0 Å². The van der Waals surface area contributed by atoms with Crippen LogP contribution in [0.2, 0.25) is 0 Å². The summed E-state index contributed by atoms with van der Waals surface area (Å²) in [7, 11) is 0. The SMILES string of the molecule is Cc1ccc(N2CCN(CC(=O)Nc3cc(C)ccn3)C2=O)cc1. The second-order valence-electron chi connectivity index (χ2n) is 5.96. The van der Waals surface area contributed by atoms with Crippen LogP contribution in [0, 0.1) is 13.8 Å². The number of amides is 3. The molecular formula is C18H20N4O2. The highest BCUT2D eigenvalue weighted by Gasteiger charge is 2.30. The lowest BCUT2D eigenvalue weighted by Gasteiger charge is -2.18. The molecule has 6 nitrogen and oxygen atoms in total. The van der Waals surface area contributed by atoms with Gasteiger partial charge in [0.2, 0.25) is 5.91 Å². The Kier molecular flexibility index (Phi) is 4.46. The van der Waals surface area contributed by atoms with Gasteiger partial charge in [-0.05, 0) is 43.7 Å². The van der Waals surface area contributed by atoms with Crippen LogP contribution in [0.25, 0.3) is 0 Å². The van der Waals surface area contributed by atoms with Crippen LogP contribution in [0.5, 0.6) is 0 Å². The smallest absolute Gasteiger partial charge is 0.313 e. The molecule has 0 saturated carbocycles. The van der Waals surface area contributed by atoms with E-state index in [-0.39, 0.29) is 18.5 Å². The van der Waals surface area contributed by atoms with E-state index in [9.17, 15) is 9.59 Å². The van der Waals surface area contributed by atoms with E-state index in [2.05, 4.69) is 10.3 Å². The van der Waals surface area contributed by atoms with Gasteiger partial charge in [-0.25, -0.2) is 9.78 Å². The summed E-state index contributed by atoms with van der Waals surface area (Å²) < 4.78 is 0. The number of benzene rings is 1. The topological polar surface area (TPSA) is 65.5 Å². The third-order valence-corrected chi connectivity index (χ3v) is 3.96. The molecule has 24 heavy (non-hydrogen) atoms. The van der Waals surface area contributed by atoms with Crippen molar-refractivity contribution in [3.63, 3.8) is 0 Å². The van der Waals surface area contributed by atoms with Crippen LogP contribution < -0.4 is 10.2 Å². The maximum atomic E-state index is 12.5. The summed E-state index contributed by atoms with van der Waals surface area (Å²) in [6.45, 7) is 5.07. The Bertz CT molecular complexity index is 758. The zero-order chi connectivity index (χ0) is 17.1. The van der Waals surface area contributed by atoms with Crippen LogP contribution in [-0.2, 0) is 4.79 Å². The van der Waals surface area contributed by atoms with Crippen molar-refractivity contribution in [1.82, 2.24) is 9.88 Å². The van der Waals surface area contributed by atoms with Crippen molar-refractivity contribution in [1.29, 1.82) is 0 Å². The molecule has 0 spiro atoms. The number of hydrogen-bond donors (Lipinski definition) is 1. The third-order valence-electron chi connectivity index (χ3n) is 3.96. The molecular weight excluding hydrogens is 304 g/mol.